The molecular formula is C8H11BrN4O. The van der Waals surface area contributed by atoms with E-state index in [9.17, 15) is 0 Å². The maximum absolute atomic E-state index is 5.69. The normalized spacial score (nSPS) is 27.5. The van der Waals surface area contributed by atoms with Crippen molar-refractivity contribution in [2.45, 2.75) is 11.1 Å². The minimum absolute atomic E-state index is 0.0995. The predicted octanol–water partition coefficient (Wildman–Crippen LogP) is 0.441. The molecule has 2 rings (SSSR count). The van der Waals surface area contributed by atoms with Crippen molar-refractivity contribution in [3.8, 4) is 0 Å². The number of rotatable bonds is 1. The minimum atomic E-state index is -0.0995. The molecule has 2 heterocycles. The number of morpholine rings is 1. The molecule has 0 radical (unpaired) electrons. The van der Waals surface area contributed by atoms with Crippen LogP contribution in [0.2, 0.25) is 0 Å². The number of aromatic nitrogens is 2. The molecule has 3 N–H and O–H groups in total. The van der Waals surface area contributed by atoms with E-state index in [1.165, 1.54) is 0 Å². The molecule has 6 heteroatoms. The molecule has 1 aliphatic rings. The number of nitrogen functional groups attached to an aromatic ring is 1. The van der Waals surface area contributed by atoms with Gasteiger partial charge in [-0.1, -0.05) is 15.9 Å². The van der Waals surface area contributed by atoms with Crippen molar-refractivity contribution in [3.63, 3.8) is 0 Å². The Hall–Kier alpha value is -0.720. The summed E-state index contributed by atoms with van der Waals surface area (Å²) in [6.45, 7) is 1.29. The number of halogens is 1. The van der Waals surface area contributed by atoms with Gasteiger partial charge in [-0.2, -0.15) is 0 Å². The number of nitrogens with two attached hydrogens (primary N) is 1. The summed E-state index contributed by atoms with van der Waals surface area (Å²) < 4.78 is 5.57. The van der Waals surface area contributed by atoms with Crippen LogP contribution in [0.15, 0.2) is 12.4 Å². The zero-order valence-electron chi connectivity index (χ0n) is 7.48. The van der Waals surface area contributed by atoms with E-state index in [0.29, 0.717) is 24.7 Å². The van der Waals surface area contributed by atoms with E-state index in [1.54, 1.807) is 12.4 Å². The van der Waals surface area contributed by atoms with Gasteiger partial charge >= 0.3 is 0 Å². The van der Waals surface area contributed by atoms with Gasteiger partial charge in [0.05, 0.1) is 11.6 Å². The van der Waals surface area contributed by atoms with Crippen molar-refractivity contribution in [1.82, 2.24) is 15.3 Å². The average Bonchev–Trinajstić information content (AvgIpc) is 2.20. The number of nitrogens with one attached hydrogen (secondary N) is 1. The van der Waals surface area contributed by atoms with E-state index in [2.05, 4.69) is 31.2 Å². The first-order valence-electron chi connectivity index (χ1n) is 4.33. The van der Waals surface area contributed by atoms with E-state index >= 15 is 0 Å². The van der Waals surface area contributed by atoms with E-state index < -0.39 is 0 Å². The highest BCUT2D eigenvalue weighted by molar-refractivity contribution is 9.09. The van der Waals surface area contributed by atoms with Gasteiger partial charge in [0.1, 0.15) is 17.6 Å². The van der Waals surface area contributed by atoms with E-state index in [0.717, 1.165) is 0 Å². The second kappa shape index (κ2) is 4.20. The summed E-state index contributed by atoms with van der Waals surface area (Å²) in [5, 5.41) is 3.23. The minimum Gasteiger partial charge on any atom is -0.382 e. The molecule has 5 nitrogen and oxygen atoms in total. The number of alkyl halides is 1. The van der Waals surface area contributed by atoms with Crippen molar-refractivity contribution in [3.05, 3.63) is 18.1 Å². The van der Waals surface area contributed by atoms with Crippen LogP contribution >= 0.6 is 15.9 Å². The van der Waals surface area contributed by atoms with Gasteiger partial charge in [-0.05, 0) is 0 Å². The Morgan fingerprint density at radius 1 is 1.50 bits per heavy atom. The summed E-state index contributed by atoms with van der Waals surface area (Å²) >= 11 is 3.40. The molecule has 0 amide bonds. The maximum atomic E-state index is 5.69. The molecule has 0 bridgehead atoms. The third-order valence-electron chi connectivity index (χ3n) is 2.03. The lowest BCUT2D eigenvalue weighted by atomic mass is 10.2. The molecule has 0 spiro atoms. The van der Waals surface area contributed by atoms with Crippen LogP contribution in [-0.2, 0) is 4.74 Å². The molecule has 0 saturated carbocycles. The van der Waals surface area contributed by atoms with Crippen molar-refractivity contribution in [2.24, 2.45) is 0 Å². The summed E-state index contributed by atoms with van der Waals surface area (Å²) in [4.78, 5) is 8.33. The lowest BCUT2D eigenvalue weighted by Crippen LogP contribution is -2.39. The SMILES string of the molecule is Nc1nccnc1C1CNC(Br)CO1. The first-order valence-corrected chi connectivity index (χ1v) is 5.24. The largest absolute Gasteiger partial charge is 0.382 e. The molecule has 0 aliphatic carbocycles. The molecule has 2 atom stereocenters. The number of nitrogens with zero attached hydrogens (tertiary/aromatic N) is 2. The highest BCUT2D eigenvalue weighted by atomic mass is 79.9. The van der Waals surface area contributed by atoms with Crippen molar-refractivity contribution < 1.29 is 4.74 Å². The number of anilines is 1. The molecule has 1 aliphatic heterocycles. The number of hydrogen-bond donors (Lipinski definition) is 2. The fourth-order valence-corrected chi connectivity index (χ4v) is 1.68. The van der Waals surface area contributed by atoms with Gasteiger partial charge in [-0.15, -0.1) is 0 Å². The highest BCUT2D eigenvalue weighted by Crippen LogP contribution is 2.22. The second-order valence-corrected chi connectivity index (χ2v) is 4.13. The molecule has 0 aromatic carbocycles. The molecule has 14 heavy (non-hydrogen) atoms. The molecule has 1 aromatic rings. The van der Waals surface area contributed by atoms with Crippen molar-refractivity contribution in [2.75, 3.05) is 18.9 Å². The van der Waals surface area contributed by atoms with Gasteiger partial charge in [-0.25, -0.2) is 4.98 Å². The van der Waals surface area contributed by atoms with Crippen LogP contribution in [0.25, 0.3) is 0 Å². The van der Waals surface area contributed by atoms with Gasteiger partial charge in [0.2, 0.25) is 0 Å². The van der Waals surface area contributed by atoms with Gasteiger partial charge in [0.15, 0.2) is 0 Å². The van der Waals surface area contributed by atoms with Crippen LogP contribution in [0.4, 0.5) is 5.82 Å². The van der Waals surface area contributed by atoms with Gasteiger partial charge in [-0.3, -0.25) is 10.3 Å². The summed E-state index contributed by atoms with van der Waals surface area (Å²) in [7, 11) is 0. The lowest BCUT2D eigenvalue weighted by molar-refractivity contribution is 0.0197. The molecular weight excluding hydrogens is 248 g/mol. The molecule has 1 saturated heterocycles. The Morgan fingerprint density at radius 2 is 2.29 bits per heavy atom. The Morgan fingerprint density at radius 3 is 2.93 bits per heavy atom. The number of hydrogen-bond acceptors (Lipinski definition) is 5. The van der Waals surface area contributed by atoms with E-state index in [4.69, 9.17) is 10.5 Å². The Kier molecular flexibility index (Phi) is 2.95. The third kappa shape index (κ3) is 2.02. The van der Waals surface area contributed by atoms with Crippen LogP contribution in [0.5, 0.6) is 0 Å². The van der Waals surface area contributed by atoms with E-state index in [-0.39, 0.29) is 11.1 Å². The molecule has 1 fully saturated rings. The summed E-state index contributed by atoms with van der Waals surface area (Å²) in [5.74, 6) is 0.437. The third-order valence-corrected chi connectivity index (χ3v) is 2.62. The molecule has 1 aromatic heterocycles. The molecule has 76 valence electrons. The van der Waals surface area contributed by atoms with Gasteiger partial charge in [0, 0.05) is 18.9 Å². The summed E-state index contributed by atoms with van der Waals surface area (Å²) in [6, 6.07) is 0. The second-order valence-electron chi connectivity index (χ2n) is 3.02. The maximum Gasteiger partial charge on any atom is 0.147 e. The van der Waals surface area contributed by atoms with Crippen LogP contribution in [0, 0.1) is 0 Å². The zero-order valence-corrected chi connectivity index (χ0v) is 9.07. The average molecular weight is 259 g/mol. The van der Waals surface area contributed by atoms with E-state index in [1.807, 2.05) is 0 Å². The van der Waals surface area contributed by atoms with Crippen LogP contribution < -0.4 is 11.1 Å². The lowest BCUT2D eigenvalue weighted by Gasteiger charge is -2.27. The standard InChI is InChI=1S/C8H11BrN4O/c9-6-4-14-5(3-13-6)7-8(10)12-2-1-11-7/h1-2,5-6,13H,3-4H2,(H2,10,12). The van der Waals surface area contributed by atoms with Gasteiger partial charge < -0.3 is 10.5 Å². The quantitative estimate of drug-likeness (QED) is 0.565. The molecule has 2 unspecified atom stereocenters. The highest BCUT2D eigenvalue weighted by Gasteiger charge is 2.23. The zero-order chi connectivity index (χ0) is 9.97. The van der Waals surface area contributed by atoms with Gasteiger partial charge in [0.25, 0.3) is 0 Å². The Bertz CT molecular complexity index is 314. The fraction of sp³-hybridized carbons (Fsp3) is 0.500. The van der Waals surface area contributed by atoms with Crippen molar-refractivity contribution >= 4 is 21.7 Å². The fourth-order valence-electron chi connectivity index (χ4n) is 1.34. The summed E-state index contributed by atoms with van der Waals surface area (Å²) in [5.41, 5.74) is 6.40. The smallest absolute Gasteiger partial charge is 0.147 e. The monoisotopic (exact) mass is 258 g/mol. The summed E-state index contributed by atoms with van der Waals surface area (Å²) in [6.07, 6.45) is 3.09. The number of ether oxygens (including phenoxy) is 1. The first kappa shape index (κ1) is 9.82. The van der Waals surface area contributed by atoms with Crippen LogP contribution in [-0.4, -0.2) is 28.1 Å². The topological polar surface area (TPSA) is 73.1 Å². The predicted molar refractivity (Wildman–Crippen MR) is 55.9 cm³/mol. The van der Waals surface area contributed by atoms with Crippen LogP contribution in [0.1, 0.15) is 11.8 Å². The Labute approximate surface area is 90.2 Å². The first-order chi connectivity index (χ1) is 6.77. The van der Waals surface area contributed by atoms with Crippen LogP contribution in [0.3, 0.4) is 0 Å². The van der Waals surface area contributed by atoms with Crippen molar-refractivity contribution in [1.29, 1.82) is 0 Å². The Balaban J connectivity index is 2.12.